The second kappa shape index (κ2) is 10.3. The van der Waals surface area contributed by atoms with Gasteiger partial charge >= 0.3 is 46.1 Å². The smallest absolute Gasteiger partial charge is 1.00 e. The van der Waals surface area contributed by atoms with Crippen molar-refractivity contribution < 1.29 is 39.8 Å². The van der Waals surface area contributed by atoms with Crippen LogP contribution in [0.4, 0.5) is 5.82 Å². The number of hydrogen-bond donors (Lipinski definition) is 1. The van der Waals surface area contributed by atoms with E-state index in [1.54, 1.807) is 4.57 Å². The normalized spacial score (nSPS) is 22.9. The Bertz CT molecular complexity index is 591. The van der Waals surface area contributed by atoms with Crippen molar-refractivity contribution in [2.45, 2.75) is 24.9 Å². The monoisotopic (exact) mass is 367 g/mol. The molecule has 0 aromatic carbocycles. The molecule has 0 spiro atoms. The van der Waals surface area contributed by atoms with Crippen molar-refractivity contribution in [2.24, 2.45) is 0 Å². The van der Waals surface area contributed by atoms with Crippen LogP contribution in [0.1, 0.15) is 12.6 Å². The fraction of sp³-hybridized carbons (Fsp3) is 0.500. The van der Waals surface area contributed by atoms with Gasteiger partial charge in [-0.3, -0.25) is 4.57 Å². The maximum Gasteiger partial charge on any atom is 2.00 e. The molecule has 3 rings (SSSR count). The summed E-state index contributed by atoms with van der Waals surface area (Å²) in [7, 11) is 0. The van der Waals surface area contributed by atoms with E-state index in [2.05, 4.69) is 15.0 Å². The van der Waals surface area contributed by atoms with Gasteiger partial charge in [0.15, 0.2) is 5.65 Å². The average molecular weight is 369 g/mol. The fourth-order valence-electron chi connectivity index (χ4n) is 2.10. The van der Waals surface area contributed by atoms with Gasteiger partial charge in [-0.05, 0) is 5.82 Å². The molecule has 2 aromatic heterocycles. The molecule has 0 amide bonds. The Hall–Kier alpha value is 0.342. The fourth-order valence-corrected chi connectivity index (χ4v) is 2.10. The molecule has 0 bridgehead atoms. The zero-order valence-corrected chi connectivity index (χ0v) is 15.9. The van der Waals surface area contributed by atoms with E-state index in [1.807, 2.05) is 0 Å². The van der Waals surface area contributed by atoms with Crippen molar-refractivity contribution >= 4 is 63.1 Å². The first-order chi connectivity index (χ1) is 8.70. The summed E-state index contributed by atoms with van der Waals surface area (Å²) in [5, 5.41) is 20.5. The van der Waals surface area contributed by atoms with Crippen LogP contribution in [0.2, 0.25) is 0 Å². The minimum atomic E-state index is -0.776. The molecule has 0 aliphatic carbocycles. The van der Waals surface area contributed by atoms with Crippen molar-refractivity contribution in [3.8, 4) is 0 Å². The summed E-state index contributed by atoms with van der Waals surface area (Å²) in [6.45, 7) is -0.483. The Labute approximate surface area is 171 Å². The van der Waals surface area contributed by atoms with Gasteiger partial charge < -0.3 is 50.5 Å². The first-order valence-electron chi connectivity index (χ1n) is 5.51. The van der Waals surface area contributed by atoms with E-state index >= 15 is 0 Å². The third-order valence-corrected chi connectivity index (χ3v) is 3.04. The molecule has 0 unspecified atom stereocenters. The molecule has 0 radical (unpaired) electrons. The third kappa shape index (κ3) is 4.45. The maximum atomic E-state index is 10.8. The van der Waals surface area contributed by atoms with Gasteiger partial charge in [-0.2, -0.15) is 0 Å². The van der Waals surface area contributed by atoms with Crippen molar-refractivity contribution in [2.75, 3.05) is 6.61 Å². The largest absolute Gasteiger partial charge is 2.00 e. The molecule has 1 aliphatic heterocycles. The number of nitrogens with one attached hydrogen (secondary N) is 1. The number of nitrogens with zero attached hydrogens (tertiary/aromatic N) is 4. The minimum Gasteiger partial charge on any atom is -1.00 e. The van der Waals surface area contributed by atoms with E-state index in [4.69, 9.17) is 10.5 Å². The molecule has 0 saturated carbocycles. The number of hydrogen-bond acceptors (Lipinski definition) is 6. The van der Waals surface area contributed by atoms with Gasteiger partial charge in [-0.15, -0.1) is 6.61 Å². The van der Waals surface area contributed by atoms with Crippen LogP contribution in [0.3, 0.4) is 0 Å². The summed E-state index contributed by atoms with van der Waals surface area (Å²) in [5.74, 6) is 0.0395. The quantitative estimate of drug-likeness (QED) is 0.526. The predicted octanol–water partition coefficient (Wildman–Crippen LogP) is -7.23. The van der Waals surface area contributed by atoms with Gasteiger partial charge in [-0.25, -0.2) is 9.97 Å². The number of ether oxygens (including phenoxy) is 1. The van der Waals surface area contributed by atoms with Crippen LogP contribution in [0.5, 0.6) is 0 Å². The molecule has 2 N–H and O–H groups in total. The molecular formula is C10H11Cl2Mg2N5O3. The predicted molar refractivity (Wildman–Crippen MR) is 70.2 cm³/mol. The third-order valence-electron chi connectivity index (χ3n) is 3.04. The first kappa shape index (κ1) is 24.6. The average Bonchev–Trinajstić information content (AvgIpc) is 2.93. The standard InChI is InChI=1S/C10H11N5O3.2ClH.2Mg/c11-9-8-10(13-3-12-9)15(4-14-8)7-1-5(17)6(2-16)18-7;;;;/h3-7,17H,1-2H2,(H-,11,12,13);2*1H;;/q-2;;;2*+2/p-2/t5-,6+,7+;;;;/m0..../s1. The number of halogens is 2. The summed E-state index contributed by atoms with van der Waals surface area (Å²) in [6, 6.07) is 0. The van der Waals surface area contributed by atoms with Crippen molar-refractivity contribution in [3.63, 3.8) is 0 Å². The van der Waals surface area contributed by atoms with E-state index in [-0.39, 0.29) is 76.7 Å². The maximum absolute atomic E-state index is 10.8. The Kier molecular flexibility index (Phi) is 11.5. The van der Waals surface area contributed by atoms with E-state index < -0.39 is 25.0 Å². The summed E-state index contributed by atoms with van der Waals surface area (Å²) < 4.78 is 7.07. The molecule has 1 saturated heterocycles. The second-order valence-corrected chi connectivity index (χ2v) is 4.15. The first-order valence-corrected chi connectivity index (χ1v) is 5.51. The zero-order valence-electron chi connectivity index (χ0n) is 11.5. The number of aliphatic hydroxyl groups excluding tert-OH is 1. The molecule has 1 fully saturated rings. The Morgan fingerprint density at radius 3 is 2.59 bits per heavy atom. The molecular weight excluding hydrogens is 358 g/mol. The molecule has 2 aromatic rings. The molecule has 8 nitrogen and oxygen atoms in total. The summed E-state index contributed by atoms with van der Waals surface area (Å²) in [4.78, 5) is 11.8. The Morgan fingerprint density at radius 1 is 1.32 bits per heavy atom. The van der Waals surface area contributed by atoms with Crippen LogP contribution in [-0.2, 0) is 4.74 Å². The molecule has 1 aliphatic rings. The van der Waals surface area contributed by atoms with Gasteiger partial charge in [0.1, 0.15) is 11.7 Å². The second-order valence-electron chi connectivity index (χ2n) is 4.15. The van der Waals surface area contributed by atoms with Crippen LogP contribution in [-0.4, -0.2) is 89.5 Å². The van der Waals surface area contributed by atoms with Crippen molar-refractivity contribution in [1.82, 2.24) is 19.5 Å². The molecule has 22 heavy (non-hydrogen) atoms. The van der Waals surface area contributed by atoms with Crippen LogP contribution >= 0.6 is 0 Å². The van der Waals surface area contributed by atoms with Gasteiger partial charge in [0.2, 0.25) is 0 Å². The van der Waals surface area contributed by atoms with E-state index in [0.29, 0.717) is 17.6 Å². The Morgan fingerprint density at radius 2 is 2.00 bits per heavy atom. The number of aromatic nitrogens is 4. The van der Waals surface area contributed by atoms with Gasteiger partial charge in [0.05, 0.1) is 18.5 Å². The molecule has 3 atom stereocenters. The van der Waals surface area contributed by atoms with Crippen LogP contribution < -0.4 is 29.9 Å². The Balaban J connectivity index is 0. The van der Waals surface area contributed by atoms with Gasteiger partial charge in [0.25, 0.3) is 0 Å². The number of imidazole rings is 1. The minimum absolute atomic E-state index is 0. The number of rotatable bonds is 2. The van der Waals surface area contributed by atoms with E-state index in [0.717, 1.165) is 0 Å². The van der Waals surface area contributed by atoms with Crippen molar-refractivity contribution in [1.29, 1.82) is 0 Å². The molecule has 112 valence electrons. The zero-order chi connectivity index (χ0) is 12.7. The number of fused-ring (bicyclic) bond motifs is 1. The summed E-state index contributed by atoms with van der Waals surface area (Å²) in [5.41, 5.74) is 8.44. The van der Waals surface area contributed by atoms with Crippen LogP contribution in [0, 0.1) is 0 Å². The summed E-state index contributed by atoms with van der Waals surface area (Å²) >= 11 is 0. The molecule has 12 heteroatoms. The SMILES string of the molecule is [Cl-].[Cl-].[Mg+2].[Mg+2].[NH-]c1ncnc2c1ncn2[C@H]1C[C@H](O)[C@@H](C[O-])O1. The summed E-state index contributed by atoms with van der Waals surface area (Å²) in [6.07, 6.45) is 1.13. The van der Waals surface area contributed by atoms with E-state index in [9.17, 15) is 10.2 Å². The van der Waals surface area contributed by atoms with Gasteiger partial charge in [-0.1, -0.05) is 0 Å². The van der Waals surface area contributed by atoms with Gasteiger partial charge in [0, 0.05) is 12.7 Å². The van der Waals surface area contributed by atoms with Crippen LogP contribution in [0.25, 0.3) is 16.9 Å². The van der Waals surface area contributed by atoms with E-state index in [1.165, 1.54) is 12.7 Å². The topological polar surface area (TPSA) is 120 Å². The van der Waals surface area contributed by atoms with Crippen molar-refractivity contribution in [3.05, 3.63) is 18.4 Å². The molecule has 3 heterocycles. The number of aliphatic hydroxyl groups is 1. The van der Waals surface area contributed by atoms with Crippen LogP contribution in [0.15, 0.2) is 12.7 Å².